The van der Waals surface area contributed by atoms with E-state index < -0.39 is 95.1 Å². The fourth-order valence-electron chi connectivity index (χ4n) is 11.4. The minimum Gasteiger partial charge on any atom is -0.481 e. The van der Waals surface area contributed by atoms with E-state index in [9.17, 15) is 29.7 Å². The Labute approximate surface area is 369 Å². The van der Waals surface area contributed by atoms with Crippen molar-refractivity contribution in [1.82, 2.24) is 5.32 Å². The van der Waals surface area contributed by atoms with Crippen molar-refractivity contribution in [2.24, 2.45) is 41.4 Å². The van der Waals surface area contributed by atoms with Crippen LogP contribution < -0.4 is 10.1 Å². The maximum atomic E-state index is 14.7. The molecular formula is C49H75NO12. The van der Waals surface area contributed by atoms with Crippen molar-refractivity contribution < 1.29 is 58.1 Å². The molecule has 1 aromatic rings. The average molecular weight is 870 g/mol. The summed E-state index contributed by atoms with van der Waals surface area (Å²) in [5, 5.41) is 36.0. The maximum absolute atomic E-state index is 14.7. The van der Waals surface area contributed by atoms with E-state index in [0.29, 0.717) is 63.5 Å². The molecule has 0 aromatic heterocycles. The highest BCUT2D eigenvalue weighted by molar-refractivity contribution is 5.84. The number of para-hydroxylation sites is 1. The third kappa shape index (κ3) is 9.56. The molecule has 6 rings (SSSR count). The SMILES string of the molecule is CC[C@@H](C(=O)[C@@H](C)[C@@H](O)[C@H](C)[C@@H]1O[C@@H]([C@@H](CC)C(=O)O)CC[C@@H]1C)[C@H]1O[C@]2(C=C[C@@H](NC(=O)Oc3ccccc3)[C@]3(CC[C@@](C)([C@H]4CC[C@](O)(CC)[C@H](C)O4)O3)O2)[C@H](C)C[C@@H]1C. The number of aliphatic hydroxyl groups is 2. The highest BCUT2D eigenvalue weighted by Crippen LogP contribution is 2.54. The number of aliphatic carboxylic acids is 1. The summed E-state index contributed by atoms with van der Waals surface area (Å²) >= 11 is 0. The first-order valence-electron chi connectivity index (χ1n) is 23.5. The van der Waals surface area contributed by atoms with Crippen LogP contribution in [0.25, 0.3) is 0 Å². The molecule has 1 amide bonds. The second-order valence-electron chi connectivity index (χ2n) is 19.8. The first kappa shape index (κ1) is 48.5. The molecule has 0 unspecified atom stereocenters. The summed E-state index contributed by atoms with van der Waals surface area (Å²) in [7, 11) is 0. The summed E-state index contributed by atoms with van der Waals surface area (Å²) < 4.78 is 40.1. The molecule has 18 atom stereocenters. The van der Waals surface area contributed by atoms with E-state index in [1.165, 1.54) is 0 Å². The predicted octanol–water partition coefficient (Wildman–Crippen LogP) is 7.98. The Bertz CT molecular complexity index is 1740. The van der Waals surface area contributed by atoms with E-state index in [2.05, 4.69) is 26.1 Å². The van der Waals surface area contributed by atoms with Crippen molar-refractivity contribution in [1.29, 1.82) is 0 Å². The van der Waals surface area contributed by atoms with Crippen LogP contribution in [0.15, 0.2) is 42.5 Å². The fourth-order valence-corrected chi connectivity index (χ4v) is 11.4. The van der Waals surface area contributed by atoms with E-state index in [4.69, 9.17) is 28.4 Å². The zero-order valence-electron chi connectivity index (χ0n) is 38.7. The van der Waals surface area contributed by atoms with Crippen LogP contribution in [-0.2, 0) is 33.3 Å². The molecule has 5 heterocycles. The number of hydrogen-bond donors (Lipinski definition) is 4. The third-order valence-electron chi connectivity index (χ3n) is 15.7. The first-order valence-corrected chi connectivity index (χ1v) is 23.5. The Balaban J connectivity index is 1.24. The Kier molecular flexibility index (Phi) is 15.1. The molecule has 13 heteroatoms. The molecule has 13 nitrogen and oxygen atoms in total. The topological polar surface area (TPSA) is 179 Å². The molecule has 4 fully saturated rings. The zero-order chi connectivity index (χ0) is 45.4. The number of carboxylic acid groups (broad SMARTS) is 1. The van der Waals surface area contributed by atoms with Gasteiger partial charge in [0.05, 0.1) is 53.7 Å². The quantitative estimate of drug-likeness (QED) is 0.133. The van der Waals surface area contributed by atoms with Gasteiger partial charge >= 0.3 is 12.1 Å². The van der Waals surface area contributed by atoms with E-state index in [0.717, 1.165) is 6.42 Å². The second-order valence-corrected chi connectivity index (χ2v) is 19.8. The van der Waals surface area contributed by atoms with Gasteiger partial charge in [0.2, 0.25) is 0 Å². The fraction of sp³-hybridized carbons (Fsp3) is 0.776. The number of nitrogens with one attached hydrogen (secondary N) is 1. The van der Waals surface area contributed by atoms with Crippen LogP contribution >= 0.6 is 0 Å². The minimum atomic E-state index is -1.40. The number of carboxylic acids is 1. The number of amides is 1. The number of rotatable bonds is 14. The molecule has 2 spiro atoms. The number of aliphatic hydroxyl groups excluding tert-OH is 1. The van der Waals surface area contributed by atoms with Gasteiger partial charge in [-0.2, -0.15) is 0 Å². The lowest BCUT2D eigenvalue weighted by molar-refractivity contribution is -0.398. The van der Waals surface area contributed by atoms with Gasteiger partial charge in [0, 0.05) is 30.1 Å². The maximum Gasteiger partial charge on any atom is 0.413 e. The van der Waals surface area contributed by atoms with Crippen molar-refractivity contribution in [3.8, 4) is 5.75 Å². The standard InChI is InChI=1S/C49H75NO12/c1-11-35(44(53)54)37-20-19-28(4)42(59-37)32(8)40(51)31(7)41(52)36(12-2)43-29(5)27-30(6)48(60-43)24-21-38(50-45(55)58-34-17-15-14-16-18-34)49(62-48)26-25-46(10,61-49)39-22-23-47(56,13-3)33(9)57-39/h14-18,21,24,28-33,35-40,42-43,51,56H,11-13,19-20,22-23,25-27H2,1-10H3,(H,50,55)(H,53,54)/t28-,29-,30+,31-,32-,33-,35+,36-,37+,38+,39+,40+,42+,43-,46-,47+,48-,49-/m0/s1. The lowest BCUT2D eigenvalue weighted by Crippen LogP contribution is -2.66. The molecular weight excluding hydrogens is 795 g/mol. The van der Waals surface area contributed by atoms with Crippen LogP contribution in [0.4, 0.5) is 4.79 Å². The van der Waals surface area contributed by atoms with E-state index in [1.807, 2.05) is 59.8 Å². The van der Waals surface area contributed by atoms with Crippen molar-refractivity contribution in [2.45, 2.75) is 199 Å². The third-order valence-corrected chi connectivity index (χ3v) is 15.7. The lowest BCUT2D eigenvalue weighted by atomic mass is 9.72. The predicted molar refractivity (Wildman–Crippen MR) is 232 cm³/mol. The molecule has 0 saturated carbocycles. The molecule has 0 radical (unpaired) electrons. The summed E-state index contributed by atoms with van der Waals surface area (Å²) in [4.78, 5) is 40.2. The van der Waals surface area contributed by atoms with Crippen LogP contribution in [0.5, 0.6) is 5.75 Å². The van der Waals surface area contributed by atoms with Gasteiger partial charge in [-0.3, -0.25) is 9.59 Å². The van der Waals surface area contributed by atoms with Crippen LogP contribution in [-0.4, -0.2) is 98.6 Å². The normalized spacial score (nSPS) is 40.9. The van der Waals surface area contributed by atoms with E-state index >= 15 is 0 Å². The number of carbonyl (C=O) groups is 3. The van der Waals surface area contributed by atoms with Gasteiger partial charge in [-0.05, 0) is 102 Å². The van der Waals surface area contributed by atoms with Gasteiger partial charge in [-0.1, -0.05) is 79.7 Å². The largest absolute Gasteiger partial charge is 0.481 e. The second kappa shape index (κ2) is 19.3. The molecule has 1 aromatic carbocycles. The molecule has 5 aliphatic rings. The van der Waals surface area contributed by atoms with Crippen LogP contribution in [0, 0.1) is 41.4 Å². The number of carbonyl (C=O) groups excluding carboxylic acids is 2. The molecule has 5 aliphatic heterocycles. The monoisotopic (exact) mass is 870 g/mol. The van der Waals surface area contributed by atoms with E-state index in [-0.39, 0.29) is 29.6 Å². The van der Waals surface area contributed by atoms with Gasteiger partial charge in [0.15, 0.2) is 11.6 Å². The Morgan fingerprint density at radius 3 is 2.21 bits per heavy atom. The van der Waals surface area contributed by atoms with Gasteiger partial charge in [-0.15, -0.1) is 0 Å². The molecule has 4 N–H and O–H groups in total. The number of hydrogen-bond acceptors (Lipinski definition) is 11. The number of ketones is 1. The number of Topliss-reactive ketones (excluding diaryl/α,β-unsaturated/α-hetero) is 1. The Hall–Kier alpha value is -2.91. The van der Waals surface area contributed by atoms with Crippen molar-refractivity contribution >= 4 is 17.8 Å². The molecule has 348 valence electrons. The van der Waals surface area contributed by atoms with Crippen LogP contribution in [0.2, 0.25) is 0 Å². The highest BCUT2D eigenvalue weighted by atomic mass is 16.8. The highest BCUT2D eigenvalue weighted by Gasteiger charge is 2.63. The summed E-state index contributed by atoms with van der Waals surface area (Å²) in [5.41, 5.74) is -1.76. The first-order chi connectivity index (χ1) is 29.3. The molecule has 62 heavy (non-hydrogen) atoms. The molecule has 0 aliphatic carbocycles. The Morgan fingerprint density at radius 2 is 1.58 bits per heavy atom. The van der Waals surface area contributed by atoms with Crippen molar-refractivity contribution in [2.75, 3.05) is 0 Å². The average Bonchev–Trinajstić information content (AvgIpc) is 3.59. The van der Waals surface area contributed by atoms with Gasteiger partial charge in [-0.25, -0.2) is 4.79 Å². The Morgan fingerprint density at radius 1 is 0.887 bits per heavy atom. The summed E-state index contributed by atoms with van der Waals surface area (Å²) in [6.45, 7) is 19.6. The smallest absolute Gasteiger partial charge is 0.413 e. The van der Waals surface area contributed by atoms with Gasteiger partial charge < -0.3 is 49.1 Å². The van der Waals surface area contributed by atoms with Gasteiger partial charge in [0.1, 0.15) is 17.6 Å². The molecule has 0 bridgehead atoms. The summed E-state index contributed by atoms with van der Waals surface area (Å²) in [6.07, 6.45) is 5.51. The van der Waals surface area contributed by atoms with Crippen LogP contribution in [0.3, 0.4) is 0 Å². The van der Waals surface area contributed by atoms with Crippen LogP contribution in [0.1, 0.15) is 133 Å². The number of benzene rings is 1. The van der Waals surface area contributed by atoms with Crippen molar-refractivity contribution in [3.63, 3.8) is 0 Å². The molecule has 4 saturated heterocycles. The van der Waals surface area contributed by atoms with E-state index in [1.54, 1.807) is 31.2 Å². The van der Waals surface area contributed by atoms with Gasteiger partial charge in [0.25, 0.3) is 0 Å². The zero-order valence-corrected chi connectivity index (χ0v) is 38.7. The number of ether oxygens (including phenoxy) is 6. The van der Waals surface area contributed by atoms with Crippen molar-refractivity contribution in [3.05, 3.63) is 42.5 Å². The summed E-state index contributed by atoms with van der Waals surface area (Å²) in [6, 6.07) is 8.04. The lowest BCUT2D eigenvalue weighted by Gasteiger charge is -2.55. The minimum absolute atomic E-state index is 0.0374. The summed E-state index contributed by atoms with van der Waals surface area (Å²) in [5.74, 6) is -5.83.